The molecule has 0 aliphatic heterocycles. The molecule has 1 atom stereocenters. The Morgan fingerprint density at radius 2 is 1.74 bits per heavy atom. The molecule has 3 N–H and O–H groups in total. The highest BCUT2D eigenvalue weighted by atomic mass is 32.1. The summed E-state index contributed by atoms with van der Waals surface area (Å²) in [6.45, 7) is 0. The standard InChI is InChI=1S/C20H18F4N4O2S/c21-13-5-1-12(2-6-13)19-26-16(27-28-19)10-4-11(18(25)30)3-7-14-8-9-15(31-14)17(29)20(22,23)24/h1-2,5-6,8-9,11H,3-4,7,10H2,(H2,25,30)(H,26,27,28). The zero-order chi connectivity index (χ0) is 22.6. The summed E-state index contributed by atoms with van der Waals surface area (Å²) in [6.07, 6.45) is -3.52. The van der Waals surface area contributed by atoms with Gasteiger partial charge in [-0.1, -0.05) is 0 Å². The zero-order valence-corrected chi connectivity index (χ0v) is 16.9. The molecule has 1 aromatic carbocycles. The van der Waals surface area contributed by atoms with E-state index in [4.69, 9.17) is 5.73 Å². The topological polar surface area (TPSA) is 102 Å². The van der Waals surface area contributed by atoms with Crippen LogP contribution < -0.4 is 5.73 Å². The first-order valence-corrected chi connectivity index (χ1v) is 10.1. The van der Waals surface area contributed by atoms with Crippen molar-refractivity contribution in [3.05, 3.63) is 57.8 Å². The number of nitrogens with zero attached hydrogens (tertiary/aromatic N) is 2. The van der Waals surface area contributed by atoms with E-state index < -0.39 is 23.8 Å². The Hall–Kier alpha value is -3.08. The van der Waals surface area contributed by atoms with Gasteiger partial charge < -0.3 is 5.73 Å². The molecule has 11 heteroatoms. The maximum atomic E-state index is 13.0. The normalized spacial score (nSPS) is 12.6. The fourth-order valence-electron chi connectivity index (χ4n) is 2.97. The number of amides is 1. The molecule has 2 aromatic heterocycles. The number of H-pyrrole nitrogens is 1. The summed E-state index contributed by atoms with van der Waals surface area (Å²) in [5.41, 5.74) is 6.10. The molecular formula is C20H18F4N4O2S. The van der Waals surface area contributed by atoms with Gasteiger partial charge in [0, 0.05) is 22.8 Å². The smallest absolute Gasteiger partial charge is 0.369 e. The van der Waals surface area contributed by atoms with Gasteiger partial charge in [0.1, 0.15) is 11.6 Å². The number of aromatic amines is 1. The summed E-state index contributed by atoms with van der Waals surface area (Å²) in [4.78, 5) is 27.6. The molecule has 0 saturated carbocycles. The van der Waals surface area contributed by atoms with Crippen molar-refractivity contribution in [1.82, 2.24) is 15.2 Å². The molecule has 164 valence electrons. The van der Waals surface area contributed by atoms with Crippen molar-refractivity contribution in [3.63, 3.8) is 0 Å². The van der Waals surface area contributed by atoms with Crippen LogP contribution in [0.2, 0.25) is 0 Å². The summed E-state index contributed by atoms with van der Waals surface area (Å²) in [5, 5.41) is 6.84. The number of benzene rings is 1. The predicted octanol–water partition coefficient (Wildman–Crippen LogP) is 4.08. The number of rotatable bonds is 9. The number of hydrogen-bond acceptors (Lipinski definition) is 5. The van der Waals surface area contributed by atoms with Crippen LogP contribution in [-0.2, 0) is 17.6 Å². The Balaban J connectivity index is 1.56. The molecule has 0 aliphatic rings. The van der Waals surface area contributed by atoms with Crippen LogP contribution in [0, 0.1) is 11.7 Å². The first-order chi connectivity index (χ1) is 14.6. The van der Waals surface area contributed by atoms with Crippen LogP contribution in [0.15, 0.2) is 36.4 Å². The lowest BCUT2D eigenvalue weighted by molar-refractivity contribution is -0.122. The highest BCUT2D eigenvalue weighted by Gasteiger charge is 2.40. The van der Waals surface area contributed by atoms with Crippen LogP contribution >= 0.6 is 11.3 Å². The van der Waals surface area contributed by atoms with Gasteiger partial charge in [-0.2, -0.15) is 18.3 Å². The monoisotopic (exact) mass is 454 g/mol. The van der Waals surface area contributed by atoms with Crippen LogP contribution in [0.4, 0.5) is 17.6 Å². The summed E-state index contributed by atoms with van der Waals surface area (Å²) >= 11 is 0.761. The third-order valence-corrected chi connectivity index (χ3v) is 5.79. The van der Waals surface area contributed by atoms with Gasteiger partial charge in [-0.3, -0.25) is 14.7 Å². The van der Waals surface area contributed by atoms with E-state index in [-0.39, 0.29) is 10.7 Å². The van der Waals surface area contributed by atoms with E-state index in [0.29, 0.717) is 47.8 Å². The minimum absolute atomic E-state index is 0.320. The largest absolute Gasteiger partial charge is 0.455 e. The second-order valence-electron chi connectivity index (χ2n) is 6.88. The van der Waals surface area contributed by atoms with Crippen molar-refractivity contribution in [1.29, 1.82) is 0 Å². The molecule has 3 aromatic rings. The second kappa shape index (κ2) is 9.38. The Morgan fingerprint density at radius 3 is 2.39 bits per heavy atom. The van der Waals surface area contributed by atoms with Crippen molar-refractivity contribution >= 4 is 23.0 Å². The fourth-order valence-corrected chi connectivity index (χ4v) is 3.95. The number of aryl methyl sites for hydroxylation is 2. The number of halogens is 4. The van der Waals surface area contributed by atoms with Gasteiger partial charge in [0.2, 0.25) is 5.91 Å². The highest BCUT2D eigenvalue weighted by Crippen LogP contribution is 2.28. The van der Waals surface area contributed by atoms with Gasteiger partial charge in [-0.15, -0.1) is 11.3 Å². The van der Waals surface area contributed by atoms with Crippen LogP contribution in [0.3, 0.4) is 0 Å². The Labute approximate surface area is 178 Å². The summed E-state index contributed by atoms with van der Waals surface area (Å²) < 4.78 is 50.6. The molecular weight excluding hydrogens is 436 g/mol. The number of primary amides is 1. The quantitative estimate of drug-likeness (QED) is 0.376. The van der Waals surface area contributed by atoms with Gasteiger partial charge in [0.25, 0.3) is 5.78 Å². The number of nitrogens with one attached hydrogen (secondary N) is 1. The number of nitrogens with two attached hydrogens (primary N) is 1. The number of thiophene rings is 1. The number of ketones is 1. The molecule has 0 bridgehead atoms. The maximum absolute atomic E-state index is 13.0. The predicted molar refractivity (Wildman–Crippen MR) is 106 cm³/mol. The summed E-state index contributed by atoms with van der Waals surface area (Å²) in [7, 11) is 0. The van der Waals surface area contributed by atoms with Gasteiger partial charge in [-0.25, -0.2) is 9.37 Å². The van der Waals surface area contributed by atoms with Crippen LogP contribution in [0.25, 0.3) is 11.4 Å². The van der Waals surface area contributed by atoms with Crippen molar-refractivity contribution in [2.75, 3.05) is 0 Å². The zero-order valence-electron chi connectivity index (χ0n) is 16.1. The average Bonchev–Trinajstić information content (AvgIpc) is 3.36. The molecule has 31 heavy (non-hydrogen) atoms. The number of carbonyl (C=O) groups excluding carboxylic acids is 2. The number of hydrogen-bond donors (Lipinski definition) is 2. The van der Waals surface area contributed by atoms with E-state index in [2.05, 4.69) is 15.2 Å². The highest BCUT2D eigenvalue weighted by molar-refractivity contribution is 7.14. The molecule has 0 saturated heterocycles. The second-order valence-corrected chi connectivity index (χ2v) is 8.05. The average molecular weight is 454 g/mol. The maximum Gasteiger partial charge on any atom is 0.455 e. The molecule has 0 spiro atoms. The number of aromatic nitrogens is 3. The van der Waals surface area contributed by atoms with E-state index in [9.17, 15) is 27.2 Å². The molecule has 3 rings (SSSR count). The Kier molecular flexibility index (Phi) is 6.84. The lowest BCUT2D eigenvalue weighted by atomic mass is 9.96. The van der Waals surface area contributed by atoms with Crippen molar-refractivity contribution in [3.8, 4) is 11.4 Å². The third kappa shape index (κ3) is 5.97. The molecule has 2 heterocycles. The van der Waals surface area contributed by atoms with Crippen LogP contribution in [0.5, 0.6) is 0 Å². The van der Waals surface area contributed by atoms with Crippen molar-refractivity contribution in [2.24, 2.45) is 11.7 Å². The van der Waals surface area contributed by atoms with Gasteiger partial charge in [0.05, 0.1) is 4.88 Å². The molecule has 6 nitrogen and oxygen atoms in total. The molecule has 0 aliphatic carbocycles. The fraction of sp³-hybridized carbons (Fsp3) is 0.300. The SMILES string of the molecule is NC(=O)C(CCc1nc(-c2ccc(F)cc2)n[nH]1)CCc1ccc(C(=O)C(F)(F)F)s1. The van der Waals surface area contributed by atoms with E-state index in [1.807, 2.05) is 0 Å². The van der Waals surface area contributed by atoms with Gasteiger partial charge in [0.15, 0.2) is 5.82 Å². The molecule has 0 radical (unpaired) electrons. The van der Waals surface area contributed by atoms with E-state index >= 15 is 0 Å². The van der Waals surface area contributed by atoms with E-state index in [1.165, 1.54) is 18.2 Å². The van der Waals surface area contributed by atoms with E-state index in [1.54, 1.807) is 12.1 Å². The summed E-state index contributed by atoms with van der Waals surface area (Å²) in [5.74, 6) is -2.38. The van der Waals surface area contributed by atoms with Crippen LogP contribution in [-0.4, -0.2) is 33.0 Å². The van der Waals surface area contributed by atoms with Crippen molar-refractivity contribution < 1.29 is 27.2 Å². The minimum Gasteiger partial charge on any atom is -0.369 e. The lowest BCUT2D eigenvalue weighted by Gasteiger charge is -2.11. The number of alkyl halides is 3. The van der Waals surface area contributed by atoms with Gasteiger partial charge >= 0.3 is 6.18 Å². The van der Waals surface area contributed by atoms with Crippen molar-refractivity contribution in [2.45, 2.75) is 31.9 Å². The first kappa shape index (κ1) is 22.6. The van der Waals surface area contributed by atoms with Gasteiger partial charge in [-0.05, 0) is 55.7 Å². The summed E-state index contributed by atoms with van der Waals surface area (Å²) in [6, 6.07) is 8.29. The number of Topliss-reactive ketones (excluding diaryl/α,β-unsaturated/α-hetero) is 1. The first-order valence-electron chi connectivity index (χ1n) is 9.30. The number of carbonyl (C=O) groups is 2. The molecule has 0 fully saturated rings. The Bertz CT molecular complexity index is 1060. The molecule has 1 unspecified atom stereocenters. The minimum atomic E-state index is -4.91. The Morgan fingerprint density at radius 1 is 1.06 bits per heavy atom. The van der Waals surface area contributed by atoms with Crippen LogP contribution in [0.1, 0.15) is 33.2 Å². The van der Waals surface area contributed by atoms with E-state index in [0.717, 1.165) is 17.4 Å². The third-order valence-electron chi connectivity index (χ3n) is 4.65. The molecule has 1 amide bonds. The lowest BCUT2D eigenvalue weighted by Crippen LogP contribution is -2.24.